The maximum Gasteiger partial charge on any atom is 0.125 e. The number of hydrogen-bond acceptors (Lipinski definition) is 7. The second-order valence-corrected chi connectivity index (χ2v) is 4.66. The van der Waals surface area contributed by atoms with Gasteiger partial charge < -0.3 is 18.9 Å². The van der Waals surface area contributed by atoms with Gasteiger partial charge in [0, 0.05) is 42.2 Å². The zero-order valence-corrected chi connectivity index (χ0v) is 14.5. The molecule has 7 heteroatoms. The van der Waals surface area contributed by atoms with Crippen LogP contribution in [0.25, 0.3) is 0 Å². The molecule has 0 aromatic rings. The van der Waals surface area contributed by atoms with Gasteiger partial charge in [-0.25, -0.2) is 0 Å². The van der Waals surface area contributed by atoms with E-state index in [0.29, 0.717) is 6.61 Å². The molecule has 7 nitrogen and oxygen atoms in total. The molecule has 0 N–H and O–H groups in total. The summed E-state index contributed by atoms with van der Waals surface area (Å²) in [4.78, 5) is 12.3. The Morgan fingerprint density at radius 1 is 0.704 bits per heavy atom. The topological polar surface area (TPSA) is 74.0 Å². The van der Waals surface area contributed by atoms with Crippen LogP contribution >= 0.6 is 0 Å². The predicted molar refractivity (Wildman–Crippen MR) is 106 cm³/mol. The fraction of sp³-hybridized carbons (Fsp3) is 0.0500. The molecule has 0 amide bonds. The van der Waals surface area contributed by atoms with Gasteiger partial charge in [0.25, 0.3) is 0 Å². The number of nitrogens with zero attached hydrogens (tertiary/aromatic N) is 3. The lowest BCUT2D eigenvalue weighted by atomic mass is 10.1. The first kappa shape index (κ1) is 19.5. The summed E-state index contributed by atoms with van der Waals surface area (Å²) in [6.07, 6.45) is 27.0. The van der Waals surface area contributed by atoms with Crippen molar-refractivity contribution in [2.75, 3.05) is 6.61 Å². The normalized spacial score (nSPS) is 28.0. The number of allylic oxidation sites excluding steroid dienone is 6. The first-order chi connectivity index (χ1) is 13.5. The molecule has 0 radical (unpaired) electrons. The Morgan fingerprint density at radius 3 is 2.33 bits per heavy atom. The molecule has 0 aliphatic carbocycles. The smallest absolute Gasteiger partial charge is 0.125 e. The SMILES string of the molecule is C1=NC=C2\C=C/C=N\C=C/O/C=C\O/C=C\O/C=C\OCC=N/C=C\C=C\12. The highest BCUT2D eigenvalue weighted by atomic mass is 16.5. The molecule has 0 aromatic carbocycles. The van der Waals surface area contributed by atoms with Crippen molar-refractivity contribution in [1.82, 2.24) is 0 Å². The zero-order chi connectivity index (χ0) is 18.8. The van der Waals surface area contributed by atoms with Gasteiger partial charge in [0.15, 0.2) is 0 Å². The molecule has 0 fully saturated rings. The highest BCUT2D eigenvalue weighted by Gasteiger charge is 2.02. The number of hydrogen-bond donors (Lipinski definition) is 0. The molecule has 0 unspecified atom stereocenters. The summed E-state index contributed by atoms with van der Waals surface area (Å²) < 4.78 is 20.2. The minimum absolute atomic E-state index is 0.323. The van der Waals surface area contributed by atoms with Crippen molar-refractivity contribution in [2.45, 2.75) is 0 Å². The third kappa shape index (κ3) is 9.25. The van der Waals surface area contributed by atoms with Gasteiger partial charge in [-0.05, 0) is 12.2 Å². The van der Waals surface area contributed by atoms with Crippen molar-refractivity contribution in [3.05, 3.63) is 97.9 Å². The van der Waals surface area contributed by atoms with E-state index < -0.39 is 0 Å². The molecule has 138 valence electrons. The van der Waals surface area contributed by atoms with E-state index in [1.165, 1.54) is 50.0 Å². The van der Waals surface area contributed by atoms with E-state index in [-0.39, 0.29) is 0 Å². The second kappa shape index (κ2) is 13.4. The highest BCUT2D eigenvalue weighted by Crippen LogP contribution is 2.15. The molecule has 2 heterocycles. The van der Waals surface area contributed by atoms with E-state index >= 15 is 0 Å². The molecular weight excluding hydrogens is 346 g/mol. The summed E-state index contributed by atoms with van der Waals surface area (Å²) in [5.74, 6) is 0. The van der Waals surface area contributed by atoms with Crippen LogP contribution < -0.4 is 0 Å². The van der Waals surface area contributed by atoms with Crippen molar-refractivity contribution in [2.24, 2.45) is 15.0 Å². The lowest BCUT2D eigenvalue weighted by molar-refractivity contribution is 0.276. The molecule has 0 saturated carbocycles. The van der Waals surface area contributed by atoms with Gasteiger partial charge in [0.1, 0.15) is 50.4 Å². The predicted octanol–water partition coefficient (Wildman–Crippen LogP) is 4.06. The standard InChI is InChI=1S/C20H19N3O4/c1-3-19-17-23-18-20(19)4-2-6-22-8-10-25-12-14-27-16-15-26-13-11-24-9-7-21-5-1/h1-9,11-18H,10H2/b3-1-,6-2-,9-7-,13-11-,14-12-,16-15-,20-4-,21-5-,22-8?. The Hall–Kier alpha value is -3.87. The van der Waals surface area contributed by atoms with Crippen LogP contribution in [0.4, 0.5) is 0 Å². The molecule has 27 heavy (non-hydrogen) atoms. The monoisotopic (exact) mass is 365 g/mol. The molecule has 2 aliphatic rings. The summed E-state index contributed by atoms with van der Waals surface area (Å²) in [5, 5.41) is 0. The summed E-state index contributed by atoms with van der Waals surface area (Å²) in [7, 11) is 0. The highest BCUT2D eigenvalue weighted by molar-refractivity contribution is 5.90. The van der Waals surface area contributed by atoms with Gasteiger partial charge in [-0.1, -0.05) is 12.2 Å². The van der Waals surface area contributed by atoms with Gasteiger partial charge in [0.2, 0.25) is 0 Å². The van der Waals surface area contributed by atoms with Crippen LogP contribution in [0.15, 0.2) is 113 Å². The van der Waals surface area contributed by atoms with Crippen molar-refractivity contribution >= 4 is 18.6 Å². The third-order valence-electron chi connectivity index (χ3n) is 2.81. The van der Waals surface area contributed by atoms with Crippen LogP contribution in [-0.2, 0) is 18.9 Å². The van der Waals surface area contributed by atoms with Crippen molar-refractivity contribution in [1.29, 1.82) is 0 Å². The number of fused-ring (bicyclic) bond motifs is 1. The van der Waals surface area contributed by atoms with Crippen LogP contribution in [0.3, 0.4) is 0 Å². The van der Waals surface area contributed by atoms with Crippen LogP contribution in [0.1, 0.15) is 0 Å². The number of aliphatic imine (C=N–C) groups is 3. The van der Waals surface area contributed by atoms with E-state index in [9.17, 15) is 0 Å². The Morgan fingerprint density at radius 2 is 1.48 bits per heavy atom. The lowest BCUT2D eigenvalue weighted by Gasteiger charge is -1.94. The molecular formula is C20H19N3O4. The number of rotatable bonds is 0. The minimum Gasteiger partial charge on any atom is -0.492 e. The fourth-order valence-electron chi connectivity index (χ4n) is 1.68. The van der Waals surface area contributed by atoms with Gasteiger partial charge in [-0.3, -0.25) is 15.0 Å². The van der Waals surface area contributed by atoms with E-state index in [1.54, 1.807) is 31.0 Å². The minimum atomic E-state index is 0.323. The second-order valence-electron chi connectivity index (χ2n) is 4.66. The van der Waals surface area contributed by atoms with Crippen molar-refractivity contribution in [3.8, 4) is 0 Å². The molecule has 2 rings (SSSR count). The van der Waals surface area contributed by atoms with Gasteiger partial charge >= 0.3 is 0 Å². The molecule has 0 bridgehead atoms. The Bertz CT molecular complexity index is 779. The maximum atomic E-state index is 5.17. The Balaban J connectivity index is 1.97. The van der Waals surface area contributed by atoms with Crippen LogP contribution in [0.2, 0.25) is 0 Å². The quantitative estimate of drug-likeness (QED) is 0.649. The molecule has 2 aliphatic heterocycles. The van der Waals surface area contributed by atoms with Crippen LogP contribution in [0, 0.1) is 0 Å². The van der Waals surface area contributed by atoms with E-state index in [4.69, 9.17) is 18.9 Å². The number of ether oxygens (including phenoxy) is 4. The van der Waals surface area contributed by atoms with Gasteiger partial charge in [0.05, 0.1) is 6.20 Å². The van der Waals surface area contributed by atoms with Gasteiger partial charge in [-0.2, -0.15) is 0 Å². The summed E-state index contributed by atoms with van der Waals surface area (Å²) >= 11 is 0. The maximum absolute atomic E-state index is 5.17. The Kier molecular flexibility index (Phi) is 9.67. The molecule has 0 atom stereocenters. The van der Waals surface area contributed by atoms with E-state index in [1.807, 2.05) is 24.3 Å². The summed E-state index contributed by atoms with van der Waals surface area (Å²) in [6.45, 7) is 0.323. The van der Waals surface area contributed by atoms with E-state index in [2.05, 4.69) is 15.0 Å². The molecule has 0 spiro atoms. The third-order valence-corrected chi connectivity index (χ3v) is 2.81. The van der Waals surface area contributed by atoms with Crippen molar-refractivity contribution in [3.63, 3.8) is 0 Å². The average molecular weight is 365 g/mol. The van der Waals surface area contributed by atoms with E-state index in [0.717, 1.165) is 11.1 Å². The zero-order valence-electron chi connectivity index (χ0n) is 14.5. The first-order valence-corrected chi connectivity index (χ1v) is 7.97. The molecule has 0 saturated heterocycles. The molecule has 0 aromatic heterocycles. The fourth-order valence-corrected chi connectivity index (χ4v) is 1.68. The average Bonchev–Trinajstić information content (AvgIpc) is 3.12. The summed E-state index contributed by atoms with van der Waals surface area (Å²) in [5.41, 5.74) is 1.96. The largest absolute Gasteiger partial charge is 0.492 e. The Labute approximate surface area is 157 Å². The van der Waals surface area contributed by atoms with Crippen LogP contribution in [-0.4, -0.2) is 25.3 Å². The first-order valence-electron chi connectivity index (χ1n) is 7.97. The van der Waals surface area contributed by atoms with Gasteiger partial charge in [-0.15, -0.1) is 0 Å². The lowest BCUT2D eigenvalue weighted by Crippen LogP contribution is -1.87. The summed E-state index contributed by atoms with van der Waals surface area (Å²) in [6, 6.07) is 0. The van der Waals surface area contributed by atoms with Crippen LogP contribution in [0.5, 0.6) is 0 Å². The van der Waals surface area contributed by atoms with Crippen molar-refractivity contribution < 1.29 is 18.9 Å².